The lowest BCUT2D eigenvalue weighted by Gasteiger charge is -2.12. The Morgan fingerprint density at radius 2 is 1.97 bits per heavy atom. The number of esters is 1. The number of thiazole rings is 1. The predicted molar refractivity (Wildman–Crippen MR) is 114 cm³/mol. The number of nitrogens with one attached hydrogen (secondary N) is 2. The van der Waals surface area contributed by atoms with Crippen molar-refractivity contribution in [2.45, 2.75) is 13.1 Å². The zero-order chi connectivity index (χ0) is 23.6. The molecule has 0 aliphatic carbocycles. The number of rotatable bonds is 6. The molecule has 0 saturated carbocycles. The highest BCUT2D eigenvalue weighted by Gasteiger charge is 2.41. The number of hydrogen-bond donors (Lipinski definition) is 2. The van der Waals surface area contributed by atoms with Crippen molar-refractivity contribution >= 4 is 28.3 Å². The number of hydrogen-bond acceptors (Lipinski definition) is 6. The molecule has 0 radical (unpaired) electrons. The Morgan fingerprint density at radius 1 is 1.21 bits per heavy atom. The molecular formula is C21H16F3N5O3S. The number of aromatic nitrogens is 4. The van der Waals surface area contributed by atoms with Crippen molar-refractivity contribution in [1.29, 1.82) is 0 Å². The number of alkyl halides is 3. The molecule has 4 aromatic rings. The van der Waals surface area contributed by atoms with Crippen LogP contribution in [0, 0.1) is 0 Å². The van der Waals surface area contributed by atoms with Gasteiger partial charge >= 0.3 is 12.1 Å². The monoisotopic (exact) mass is 475 g/mol. The molecule has 2 N–H and O–H groups in total. The minimum atomic E-state index is -4.85. The van der Waals surface area contributed by atoms with Crippen LogP contribution in [0.3, 0.4) is 0 Å². The zero-order valence-electron chi connectivity index (χ0n) is 17.0. The number of carbonyl (C=O) groups is 2. The van der Waals surface area contributed by atoms with E-state index in [0.717, 1.165) is 11.9 Å². The molecule has 12 heteroatoms. The van der Waals surface area contributed by atoms with E-state index in [1.807, 2.05) is 12.1 Å². The fourth-order valence-electron chi connectivity index (χ4n) is 3.04. The molecule has 170 valence electrons. The van der Waals surface area contributed by atoms with Crippen LogP contribution in [0.15, 0.2) is 54.2 Å². The number of nitrogens with zero attached hydrogens (tertiary/aromatic N) is 3. The van der Waals surface area contributed by atoms with E-state index in [2.05, 4.69) is 20.4 Å². The Labute approximate surface area is 189 Å². The molecule has 33 heavy (non-hydrogen) atoms. The van der Waals surface area contributed by atoms with Crippen molar-refractivity contribution in [1.82, 2.24) is 19.7 Å². The Bertz CT molecular complexity index is 1280. The smallest absolute Gasteiger partial charge is 0.434 e. The molecule has 1 amide bonds. The highest BCUT2D eigenvalue weighted by Crippen LogP contribution is 2.34. The maximum Gasteiger partial charge on any atom is 0.434 e. The van der Waals surface area contributed by atoms with Crippen LogP contribution in [-0.4, -0.2) is 38.2 Å². The molecule has 0 spiro atoms. The summed E-state index contributed by atoms with van der Waals surface area (Å²) in [5.74, 6) is -1.59. The third-order valence-electron chi connectivity index (χ3n) is 4.51. The topological polar surface area (TPSA) is 102 Å². The van der Waals surface area contributed by atoms with Crippen molar-refractivity contribution in [2.75, 3.05) is 11.9 Å². The average molecular weight is 475 g/mol. The number of H-pyrrole nitrogens is 1. The highest BCUT2D eigenvalue weighted by atomic mass is 32.1. The first-order valence-corrected chi connectivity index (χ1v) is 10.5. The van der Waals surface area contributed by atoms with Gasteiger partial charge in [0.2, 0.25) is 0 Å². The number of carbonyl (C=O) groups excluding carboxylic acids is 2. The Balaban J connectivity index is 1.55. The average Bonchev–Trinajstić information content (AvgIpc) is 3.53. The van der Waals surface area contributed by atoms with E-state index in [-0.39, 0.29) is 17.9 Å². The fraction of sp³-hybridized carbons (Fsp3) is 0.143. The molecule has 4 rings (SSSR count). The largest absolute Gasteiger partial charge is 0.462 e. The van der Waals surface area contributed by atoms with E-state index in [1.165, 1.54) is 42.5 Å². The molecule has 0 atom stereocenters. The number of halogens is 3. The number of amides is 1. The van der Waals surface area contributed by atoms with Gasteiger partial charge in [-0.05, 0) is 43.3 Å². The third kappa shape index (κ3) is 4.65. The van der Waals surface area contributed by atoms with Gasteiger partial charge in [0.25, 0.3) is 5.91 Å². The first kappa shape index (κ1) is 22.3. The predicted octanol–water partition coefficient (Wildman–Crippen LogP) is 4.77. The molecule has 0 fully saturated rings. The van der Waals surface area contributed by atoms with Gasteiger partial charge < -0.3 is 9.72 Å². The first-order chi connectivity index (χ1) is 15.8. The Hall–Kier alpha value is -3.93. The minimum absolute atomic E-state index is 0.0257. The Kier molecular flexibility index (Phi) is 6.01. The molecule has 0 aliphatic heterocycles. The van der Waals surface area contributed by atoms with Crippen LogP contribution in [0.2, 0.25) is 0 Å². The summed E-state index contributed by atoms with van der Waals surface area (Å²) < 4.78 is 46.2. The van der Waals surface area contributed by atoms with Crippen molar-refractivity contribution in [3.63, 3.8) is 0 Å². The van der Waals surface area contributed by atoms with Gasteiger partial charge in [0.1, 0.15) is 5.56 Å². The Morgan fingerprint density at radius 3 is 2.61 bits per heavy atom. The summed E-state index contributed by atoms with van der Waals surface area (Å²) >= 11 is 1.24. The summed E-state index contributed by atoms with van der Waals surface area (Å²) in [7, 11) is 0. The highest BCUT2D eigenvalue weighted by molar-refractivity contribution is 7.14. The van der Waals surface area contributed by atoms with Crippen LogP contribution >= 0.6 is 11.3 Å². The molecule has 0 unspecified atom stereocenters. The van der Waals surface area contributed by atoms with Gasteiger partial charge in [0.15, 0.2) is 10.8 Å². The van der Waals surface area contributed by atoms with Crippen LogP contribution in [0.25, 0.3) is 17.1 Å². The lowest BCUT2D eigenvalue weighted by Crippen LogP contribution is -2.18. The summed E-state index contributed by atoms with van der Waals surface area (Å²) in [5.41, 5.74) is -0.227. The minimum Gasteiger partial charge on any atom is -0.462 e. The maximum atomic E-state index is 13.6. The van der Waals surface area contributed by atoms with Crippen molar-refractivity contribution in [3.05, 3.63) is 71.0 Å². The molecule has 8 nitrogen and oxygen atoms in total. The van der Waals surface area contributed by atoms with E-state index in [4.69, 9.17) is 4.74 Å². The molecule has 1 aromatic carbocycles. The number of benzene rings is 1. The van der Waals surface area contributed by atoms with Crippen molar-refractivity contribution < 1.29 is 27.5 Å². The van der Waals surface area contributed by atoms with E-state index < -0.39 is 29.3 Å². The van der Waals surface area contributed by atoms with Crippen LogP contribution in [0.1, 0.15) is 33.3 Å². The van der Waals surface area contributed by atoms with Crippen LogP contribution in [0.5, 0.6) is 0 Å². The summed E-state index contributed by atoms with van der Waals surface area (Å²) in [5, 5.41) is 8.52. The van der Waals surface area contributed by atoms with Gasteiger partial charge in [-0.15, -0.1) is 11.3 Å². The van der Waals surface area contributed by atoms with Gasteiger partial charge in [-0.2, -0.15) is 18.3 Å². The molecule has 0 saturated heterocycles. The molecular weight excluding hydrogens is 459 g/mol. The van der Waals surface area contributed by atoms with Gasteiger partial charge in [0, 0.05) is 17.1 Å². The van der Waals surface area contributed by atoms with E-state index >= 15 is 0 Å². The SMILES string of the molecule is CCOC(=O)c1cnn(-c2ccc(C(=O)Nc3nc(-c4ccc[nH]4)cs3)cc2)c1C(F)(F)F. The van der Waals surface area contributed by atoms with Crippen LogP contribution in [0.4, 0.5) is 18.3 Å². The molecule has 3 aromatic heterocycles. The van der Waals surface area contributed by atoms with E-state index in [0.29, 0.717) is 15.5 Å². The standard InChI is InChI=1S/C21H16F3N5O3S/c1-2-32-19(31)14-10-26-29(17(14)21(22,23)24)13-7-5-12(6-8-13)18(30)28-20-27-16(11-33-20)15-4-3-9-25-15/h3-11,25H,2H2,1H3,(H,27,28,30). The second-order valence-electron chi connectivity index (χ2n) is 6.66. The van der Waals surface area contributed by atoms with E-state index in [1.54, 1.807) is 11.6 Å². The summed E-state index contributed by atoms with van der Waals surface area (Å²) in [6, 6.07) is 8.99. The third-order valence-corrected chi connectivity index (χ3v) is 5.26. The van der Waals surface area contributed by atoms with Gasteiger partial charge in [-0.1, -0.05) is 0 Å². The lowest BCUT2D eigenvalue weighted by atomic mass is 10.2. The zero-order valence-corrected chi connectivity index (χ0v) is 17.8. The summed E-state index contributed by atoms with van der Waals surface area (Å²) in [6.45, 7) is 1.42. The van der Waals surface area contributed by atoms with Gasteiger partial charge in [0.05, 0.1) is 29.9 Å². The number of aromatic amines is 1. The summed E-state index contributed by atoms with van der Waals surface area (Å²) in [6.07, 6.45) is -2.28. The van der Waals surface area contributed by atoms with Gasteiger partial charge in [-0.25, -0.2) is 14.5 Å². The molecule has 3 heterocycles. The second kappa shape index (κ2) is 8.90. The van der Waals surface area contributed by atoms with Crippen LogP contribution in [-0.2, 0) is 10.9 Å². The maximum absolute atomic E-state index is 13.6. The van der Waals surface area contributed by atoms with Crippen molar-refractivity contribution in [3.8, 4) is 17.1 Å². The summed E-state index contributed by atoms with van der Waals surface area (Å²) in [4.78, 5) is 31.8. The lowest BCUT2D eigenvalue weighted by molar-refractivity contribution is -0.143. The van der Waals surface area contributed by atoms with Crippen molar-refractivity contribution in [2.24, 2.45) is 0 Å². The number of anilines is 1. The van der Waals surface area contributed by atoms with Crippen LogP contribution < -0.4 is 5.32 Å². The van der Waals surface area contributed by atoms with E-state index in [9.17, 15) is 22.8 Å². The quantitative estimate of drug-likeness (QED) is 0.391. The normalized spacial score (nSPS) is 11.4. The second-order valence-corrected chi connectivity index (χ2v) is 7.52. The molecule has 0 bridgehead atoms. The van der Waals surface area contributed by atoms with Gasteiger partial charge in [-0.3, -0.25) is 10.1 Å². The fourth-order valence-corrected chi connectivity index (χ4v) is 3.75. The molecule has 0 aliphatic rings. The first-order valence-electron chi connectivity index (χ1n) is 9.61. The number of ether oxygens (including phenoxy) is 1.